The second-order valence-corrected chi connectivity index (χ2v) is 8.96. The summed E-state index contributed by atoms with van der Waals surface area (Å²) in [6.45, 7) is 5.77. The van der Waals surface area contributed by atoms with Crippen molar-refractivity contribution in [2.75, 3.05) is 13.1 Å². The molecule has 1 spiro atoms. The third kappa shape index (κ3) is 2.88. The number of nitrogens with zero attached hydrogens (tertiary/aromatic N) is 3. The summed E-state index contributed by atoms with van der Waals surface area (Å²) < 4.78 is 0. The van der Waals surface area contributed by atoms with Crippen LogP contribution in [0.1, 0.15) is 83.5 Å². The van der Waals surface area contributed by atoms with Crippen LogP contribution in [0.5, 0.6) is 0 Å². The first kappa shape index (κ1) is 17.0. The summed E-state index contributed by atoms with van der Waals surface area (Å²) in [4.78, 5) is 20.2. The number of aryl methyl sites for hydroxylation is 2. The van der Waals surface area contributed by atoms with Gasteiger partial charge in [-0.25, -0.2) is 4.98 Å². The topological polar surface area (TPSA) is 61.9 Å². The molecular formula is C22H28N4O. The van der Waals surface area contributed by atoms with E-state index in [-0.39, 0.29) is 17.2 Å². The minimum absolute atomic E-state index is 0.161. The molecule has 1 saturated heterocycles. The van der Waals surface area contributed by atoms with Gasteiger partial charge < -0.3 is 4.90 Å². The number of aromatic amines is 1. The van der Waals surface area contributed by atoms with Gasteiger partial charge in [-0.2, -0.15) is 5.10 Å². The lowest BCUT2D eigenvalue weighted by atomic mass is 9.76. The zero-order valence-electron chi connectivity index (χ0n) is 16.3. The molecule has 0 radical (unpaired) electrons. The average molecular weight is 364 g/mol. The maximum Gasteiger partial charge on any atom is 0.253 e. The monoisotopic (exact) mass is 364 g/mol. The van der Waals surface area contributed by atoms with Crippen LogP contribution in [0, 0.1) is 19.3 Å². The van der Waals surface area contributed by atoms with Crippen LogP contribution in [0.25, 0.3) is 0 Å². The fraction of sp³-hybridized carbons (Fsp3) is 0.591. The van der Waals surface area contributed by atoms with Crippen molar-refractivity contribution in [1.82, 2.24) is 20.1 Å². The summed E-state index contributed by atoms with van der Waals surface area (Å²) in [7, 11) is 0. The van der Waals surface area contributed by atoms with Gasteiger partial charge in [0.2, 0.25) is 0 Å². The van der Waals surface area contributed by atoms with Gasteiger partial charge in [-0.1, -0.05) is 18.9 Å². The minimum Gasteiger partial charge on any atom is -0.337 e. The molecule has 2 aromatic rings. The van der Waals surface area contributed by atoms with Crippen LogP contribution in [0.4, 0.5) is 0 Å². The number of aromatic nitrogens is 3. The number of nitrogens with one attached hydrogen (secondary N) is 1. The second-order valence-electron chi connectivity index (χ2n) is 8.96. The van der Waals surface area contributed by atoms with Gasteiger partial charge in [0.05, 0.1) is 0 Å². The van der Waals surface area contributed by atoms with E-state index in [9.17, 15) is 4.79 Å². The van der Waals surface area contributed by atoms with Gasteiger partial charge in [-0.05, 0) is 68.2 Å². The fourth-order valence-corrected chi connectivity index (χ4v) is 5.11. The predicted octanol–water partition coefficient (Wildman–Crippen LogP) is 4.10. The Morgan fingerprint density at radius 2 is 1.96 bits per heavy atom. The average Bonchev–Trinajstić information content (AvgIpc) is 3.09. The normalized spacial score (nSPS) is 24.1. The van der Waals surface area contributed by atoms with E-state index in [0.29, 0.717) is 5.92 Å². The van der Waals surface area contributed by atoms with Crippen LogP contribution in [0.3, 0.4) is 0 Å². The molecule has 5 rings (SSSR count). The van der Waals surface area contributed by atoms with Crippen molar-refractivity contribution in [1.29, 1.82) is 0 Å². The van der Waals surface area contributed by atoms with E-state index in [4.69, 9.17) is 4.98 Å². The maximum atomic E-state index is 13.2. The number of carbonyl (C=O) groups excluding carboxylic acids is 1. The summed E-state index contributed by atoms with van der Waals surface area (Å²) in [5, 5.41) is 7.72. The summed E-state index contributed by atoms with van der Waals surface area (Å²) >= 11 is 0. The van der Waals surface area contributed by atoms with E-state index < -0.39 is 0 Å². The molecule has 1 amide bonds. The molecule has 27 heavy (non-hydrogen) atoms. The third-order valence-electron chi connectivity index (χ3n) is 7.08. The SMILES string of the molecule is Cc1ccc(C(=O)N2CC(c3nc(C4CC4)n[nH]3)C3(CCCC3)C2)cc1C. The number of amides is 1. The van der Waals surface area contributed by atoms with Crippen LogP contribution >= 0.6 is 0 Å². The van der Waals surface area contributed by atoms with Crippen molar-refractivity contribution in [3.8, 4) is 0 Å². The van der Waals surface area contributed by atoms with Gasteiger partial charge in [0.25, 0.3) is 5.91 Å². The molecule has 1 unspecified atom stereocenters. The molecule has 3 aliphatic rings. The Hall–Kier alpha value is -2.17. The van der Waals surface area contributed by atoms with E-state index in [1.165, 1.54) is 49.7 Å². The first-order chi connectivity index (χ1) is 13.1. The van der Waals surface area contributed by atoms with E-state index in [2.05, 4.69) is 35.0 Å². The summed E-state index contributed by atoms with van der Waals surface area (Å²) in [6.07, 6.45) is 7.31. The van der Waals surface area contributed by atoms with Crippen molar-refractivity contribution < 1.29 is 4.79 Å². The first-order valence-corrected chi connectivity index (χ1v) is 10.3. The number of likely N-dealkylation sites (tertiary alicyclic amines) is 1. The Kier molecular flexibility index (Phi) is 3.88. The van der Waals surface area contributed by atoms with Gasteiger partial charge in [-0.3, -0.25) is 9.89 Å². The standard InChI is InChI=1S/C22H28N4O/c1-14-5-6-17(11-15(14)2)21(27)26-12-18(22(13-26)9-3-4-10-22)20-23-19(24-25-20)16-7-8-16/h5-6,11,16,18H,3-4,7-10,12-13H2,1-2H3,(H,23,24,25). The van der Waals surface area contributed by atoms with Crippen molar-refractivity contribution in [3.63, 3.8) is 0 Å². The Labute approximate surface area is 160 Å². The molecule has 3 fully saturated rings. The molecule has 1 aromatic heterocycles. The number of carbonyl (C=O) groups is 1. The van der Waals surface area contributed by atoms with Crippen LogP contribution in [-0.4, -0.2) is 39.1 Å². The smallest absolute Gasteiger partial charge is 0.253 e. The van der Waals surface area contributed by atoms with Gasteiger partial charge in [-0.15, -0.1) is 0 Å². The van der Waals surface area contributed by atoms with Crippen LogP contribution in [0.15, 0.2) is 18.2 Å². The molecular weight excluding hydrogens is 336 g/mol. The highest BCUT2D eigenvalue weighted by Gasteiger charge is 2.51. The Morgan fingerprint density at radius 3 is 2.67 bits per heavy atom. The van der Waals surface area contributed by atoms with Crippen LogP contribution in [-0.2, 0) is 0 Å². The lowest BCUT2D eigenvalue weighted by molar-refractivity contribution is 0.0773. The lowest BCUT2D eigenvalue weighted by Gasteiger charge is -2.28. The molecule has 1 aliphatic heterocycles. The zero-order chi connectivity index (χ0) is 18.6. The van der Waals surface area contributed by atoms with E-state index in [1.807, 2.05) is 12.1 Å². The van der Waals surface area contributed by atoms with Gasteiger partial charge in [0.15, 0.2) is 5.82 Å². The van der Waals surface area contributed by atoms with Gasteiger partial charge in [0.1, 0.15) is 5.82 Å². The molecule has 2 aliphatic carbocycles. The Balaban J connectivity index is 1.43. The quantitative estimate of drug-likeness (QED) is 0.892. The number of rotatable bonds is 3. The number of benzene rings is 1. The molecule has 1 aromatic carbocycles. The van der Waals surface area contributed by atoms with Crippen LogP contribution in [0.2, 0.25) is 0 Å². The molecule has 5 heteroatoms. The molecule has 5 nitrogen and oxygen atoms in total. The van der Waals surface area contributed by atoms with E-state index in [0.717, 1.165) is 30.3 Å². The Bertz CT molecular complexity index is 876. The van der Waals surface area contributed by atoms with Crippen LogP contribution < -0.4 is 0 Å². The third-order valence-corrected chi connectivity index (χ3v) is 7.08. The number of H-pyrrole nitrogens is 1. The van der Waals surface area contributed by atoms with E-state index >= 15 is 0 Å². The second kappa shape index (κ2) is 6.18. The number of hydrogen-bond acceptors (Lipinski definition) is 3. The first-order valence-electron chi connectivity index (χ1n) is 10.3. The van der Waals surface area contributed by atoms with Crippen molar-refractivity contribution in [3.05, 3.63) is 46.5 Å². The molecule has 2 saturated carbocycles. The Morgan fingerprint density at radius 1 is 1.19 bits per heavy atom. The maximum absolute atomic E-state index is 13.2. The summed E-state index contributed by atoms with van der Waals surface area (Å²) in [5.41, 5.74) is 3.39. The zero-order valence-corrected chi connectivity index (χ0v) is 16.3. The van der Waals surface area contributed by atoms with Gasteiger partial charge in [0, 0.05) is 30.5 Å². The van der Waals surface area contributed by atoms with Gasteiger partial charge >= 0.3 is 0 Å². The highest BCUT2D eigenvalue weighted by atomic mass is 16.2. The van der Waals surface area contributed by atoms with Crippen molar-refractivity contribution in [2.45, 2.75) is 64.2 Å². The predicted molar refractivity (Wildman–Crippen MR) is 104 cm³/mol. The summed E-state index contributed by atoms with van der Waals surface area (Å²) in [6, 6.07) is 6.06. The largest absolute Gasteiger partial charge is 0.337 e. The summed E-state index contributed by atoms with van der Waals surface area (Å²) in [5.74, 6) is 3.00. The number of hydrogen-bond donors (Lipinski definition) is 1. The van der Waals surface area contributed by atoms with Crippen molar-refractivity contribution in [2.24, 2.45) is 5.41 Å². The molecule has 0 bridgehead atoms. The molecule has 2 heterocycles. The van der Waals surface area contributed by atoms with Crippen molar-refractivity contribution >= 4 is 5.91 Å². The fourth-order valence-electron chi connectivity index (χ4n) is 5.11. The lowest BCUT2D eigenvalue weighted by Crippen LogP contribution is -2.31. The highest BCUT2D eigenvalue weighted by molar-refractivity contribution is 5.94. The minimum atomic E-state index is 0.161. The highest BCUT2D eigenvalue weighted by Crippen LogP contribution is 2.53. The molecule has 142 valence electrons. The van der Waals surface area contributed by atoms with E-state index in [1.54, 1.807) is 0 Å². The molecule has 1 atom stereocenters. The molecule has 1 N–H and O–H groups in total.